The summed E-state index contributed by atoms with van der Waals surface area (Å²) in [6.45, 7) is 5.65. The van der Waals surface area contributed by atoms with Crippen LogP contribution in [0.1, 0.15) is 20.8 Å². The highest BCUT2D eigenvalue weighted by atomic mass is 16.6. The van der Waals surface area contributed by atoms with Crippen molar-refractivity contribution in [3.05, 3.63) is 30.5 Å². The Balaban J connectivity index is 1.77. The molecule has 3 aromatic rings. The molecule has 0 aliphatic carbocycles. The number of amides is 1. The van der Waals surface area contributed by atoms with Gasteiger partial charge in [-0.15, -0.1) is 0 Å². The molecule has 0 bridgehead atoms. The molecule has 0 aliphatic rings. The molecular formula is C16H18N6O2. The van der Waals surface area contributed by atoms with Gasteiger partial charge in [0, 0.05) is 11.1 Å². The van der Waals surface area contributed by atoms with E-state index < -0.39 is 6.09 Å². The second-order valence-electron chi connectivity index (χ2n) is 6.35. The number of nitrogens with zero attached hydrogens (tertiary/aromatic N) is 3. The van der Waals surface area contributed by atoms with Gasteiger partial charge < -0.3 is 15.8 Å². The third-order valence-electron chi connectivity index (χ3n) is 3.13. The molecule has 3 rings (SSSR count). The van der Waals surface area contributed by atoms with Gasteiger partial charge in [-0.1, -0.05) is 0 Å². The Bertz CT molecular complexity index is 880. The van der Waals surface area contributed by atoms with Gasteiger partial charge in [0.1, 0.15) is 11.6 Å². The second-order valence-corrected chi connectivity index (χ2v) is 6.35. The Kier molecular flexibility index (Phi) is 3.80. The molecule has 1 amide bonds. The number of nitrogens with one attached hydrogen (secondary N) is 2. The average molecular weight is 326 g/mol. The summed E-state index contributed by atoms with van der Waals surface area (Å²) in [7, 11) is 0. The van der Waals surface area contributed by atoms with Gasteiger partial charge in [-0.3, -0.25) is 5.10 Å². The maximum absolute atomic E-state index is 11.8. The van der Waals surface area contributed by atoms with Crippen molar-refractivity contribution >= 4 is 23.1 Å². The van der Waals surface area contributed by atoms with Crippen LogP contribution in [0.15, 0.2) is 30.5 Å². The molecular weight excluding hydrogens is 308 g/mol. The molecule has 4 N–H and O–H groups in total. The van der Waals surface area contributed by atoms with E-state index in [2.05, 4.69) is 25.5 Å². The first-order valence-electron chi connectivity index (χ1n) is 7.39. The molecule has 1 aromatic carbocycles. The minimum absolute atomic E-state index is 0.354. The third kappa shape index (κ3) is 3.43. The molecule has 0 saturated heterocycles. The lowest BCUT2D eigenvalue weighted by Gasteiger charge is -2.19. The molecule has 24 heavy (non-hydrogen) atoms. The Morgan fingerprint density at radius 2 is 1.96 bits per heavy atom. The number of aromatic nitrogens is 4. The van der Waals surface area contributed by atoms with Crippen LogP contribution >= 0.6 is 0 Å². The molecule has 124 valence electrons. The minimum Gasteiger partial charge on any atom is -0.410 e. The standard InChI is InChI=1S/C16H18N6O2/c1-16(2,3)20-15(23)24-10-6-4-9(5-7-10)11-8-18-12-13(17)21-22-14(12)19-11/h4-8H,1-3H3,(H,20,23)(H3,17,19,21,22). The summed E-state index contributed by atoms with van der Waals surface area (Å²) < 4.78 is 5.23. The number of nitrogens with two attached hydrogens (primary N) is 1. The van der Waals surface area contributed by atoms with Crippen LogP contribution in [0.3, 0.4) is 0 Å². The summed E-state index contributed by atoms with van der Waals surface area (Å²) in [6.07, 6.45) is 1.12. The van der Waals surface area contributed by atoms with E-state index >= 15 is 0 Å². The van der Waals surface area contributed by atoms with Crippen LogP contribution in [0.4, 0.5) is 10.6 Å². The molecule has 2 heterocycles. The van der Waals surface area contributed by atoms with Crippen LogP contribution in [0.2, 0.25) is 0 Å². The highest BCUT2D eigenvalue weighted by Crippen LogP contribution is 2.23. The largest absolute Gasteiger partial charge is 0.413 e. The Hall–Kier alpha value is -3.16. The molecule has 0 spiro atoms. The quantitative estimate of drug-likeness (QED) is 0.665. The smallest absolute Gasteiger partial charge is 0.410 e. The van der Waals surface area contributed by atoms with Crippen LogP contribution in [-0.4, -0.2) is 31.8 Å². The first-order chi connectivity index (χ1) is 11.3. The van der Waals surface area contributed by atoms with Crippen LogP contribution in [0, 0.1) is 0 Å². The maximum atomic E-state index is 11.8. The van der Waals surface area contributed by atoms with Gasteiger partial charge in [-0.25, -0.2) is 14.8 Å². The second kappa shape index (κ2) is 5.80. The fraction of sp³-hybridized carbons (Fsp3) is 0.250. The van der Waals surface area contributed by atoms with Crippen molar-refractivity contribution < 1.29 is 9.53 Å². The number of anilines is 1. The lowest BCUT2D eigenvalue weighted by Crippen LogP contribution is -2.42. The van der Waals surface area contributed by atoms with Gasteiger partial charge in [0.2, 0.25) is 5.65 Å². The van der Waals surface area contributed by atoms with Crippen LogP contribution in [0.5, 0.6) is 5.75 Å². The number of hydrogen-bond donors (Lipinski definition) is 3. The summed E-state index contributed by atoms with van der Waals surface area (Å²) in [5, 5.41) is 9.37. The topological polar surface area (TPSA) is 119 Å². The fourth-order valence-electron chi connectivity index (χ4n) is 2.08. The van der Waals surface area contributed by atoms with Crippen molar-refractivity contribution in [2.75, 3.05) is 5.73 Å². The van der Waals surface area contributed by atoms with E-state index in [4.69, 9.17) is 10.5 Å². The van der Waals surface area contributed by atoms with Gasteiger partial charge in [0.15, 0.2) is 5.52 Å². The number of hydrogen-bond acceptors (Lipinski definition) is 6. The number of benzene rings is 1. The van der Waals surface area contributed by atoms with E-state index in [-0.39, 0.29) is 5.54 Å². The average Bonchev–Trinajstić information content (AvgIpc) is 2.87. The number of H-pyrrole nitrogens is 1. The molecule has 0 saturated carbocycles. The van der Waals surface area contributed by atoms with Crippen molar-refractivity contribution in [1.29, 1.82) is 0 Å². The minimum atomic E-state index is -0.497. The van der Waals surface area contributed by atoms with Crippen LogP contribution in [-0.2, 0) is 0 Å². The SMILES string of the molecule is CC(C)(C)NC(=O)Oc1ccc(-c2cnc3c(N)[nH]nc3n2)cc1. The van der Waals surface area contributed by atoms with Crippen molar-refractivity contribution in [2.45, 2.75) is 26.3 Å². The van der Waals surface area contributed by atoms with E-state index in [0.29, 0.717) is 28.4 Å². The molecule has 2 aromatic heterocycles. The van der Waals surface area contributed by atoms with Crippen molar-refractivity contribution in [2.24, 2.45) is 0 Å². The zero-order chi connectivity index (χ0) is 17.3. The predicted octanol–water partition coefficient (Wildman–Crippen LogP) is 2.49. The molecule has 0 radical (unpaired) electrons. The summed E-state index contributed by atoms with van der Waals surface area (Å²) >= 11 is 0. The zero-order valence-electron chi connectivity index (χ0n) is 13.6. The number of aromatic amines is 1. The van der Waals surface area contributed by atoms with Crippen LogP contribution in [0.25, 0.3) is 22.4 Å². The monoisotopic (exact) mass is 326 g/mol. The van der Waals surface area contributed by atoms with Crippen LogP contribution < -0.4 is 15.8 Å². The zero-order valence-corrected chi connectivity index (χ0v) is 13.6. The Morgan fingerprint density at radius 3 is 2.62 bits per heavy atom. The van der Waals surface area contributed by atoms with Crippen molar-refractivity contribution in [3.63, 3.8) is 0 Å². The van der Waals surface area contributed by atoms with Gasteiger partial charge in [0.05, 0.1) is 11.9 Å². The van der Waals surface area contributed by atoms with Gasteiger partial charge >= 0.3 is 6.09 Å². The van der Waals surface area contributed by atoms with E-state index in [1.54, 1.807) is 30.5 Å². The van der Waals surface area contributed by atoms with Crippen molar-refractivity contribution in [1.82, 2.24) is 25.5 Å². The third-order valence-corrected chi connectivity index (χ3v) is 3.13. The van der Waals surface area contributed by atoms with Gasteiger partial charge in [-0.05, 0) is 45.0 Å². The highest BCUT2D eigenvalue weighted by molar-refractivity contribution is 5.82. The highest BCUT2D eigenvalue weighted by Gasteiger charge is 2.15. The number of fused-ring (bicyclic) bond motifs is 1. The normalized spacial score (nSPS) is 11.5. The first-order valence-corrected chi connectivity index (χ1v) is 7.39. The summed E-state index contributed by atoms with van der Waals surface area (Å²) in [5.74, 6) is 0.830. The molecule has 8 heteroatoms. The summed E-state index contributed by atoms with van der Waals surface area (Å²) in [4.78, 5) is 20.4. The molecule has 0 aliphatic heterocycles. The number of rotatable bonds is 2. The van der Waals surface area contributed by atoms with E-state index in [9.17, 15) is 4.79 Å². The van der Waals surface area contributed by atoms with Gasteiger partial charge in [0.25, 0.3) is 0 Å². The number of ether oxygens (including phenoxy) is 1. The molecule has 8 nitrogen and oxygen atoms in total. The maximum Gasteiger partial charge on any atom is 0.413 e. The van der Waals surface area contributed by atoms with Crippen molar-refractivity contribution in [3.8, 4) is 17.0 Å². The van der Waals surface area contributed by atoms with E-state index in [0.717, 1.165) is 5.56 Å². The fourth-order valence-corrected chi connectivity index (χ4v) is 2.08. The van der Waals surface area contributed by atoms with E-state index in [1.165, 1.54) is 0 Å². The lowest BCUT2D eigenvalue weighted by molar-refractivity contribution is 0.190. The van der Waals surface area contributed by atoms with E-state index in [1.807, 2.05) is 20.8 Å². The molecule has 0 atom stereocenters. The van der Waals surface area contributed by atoms with Gasteiger partial charge in [-0.2, -0.15) is 5.10 Å². The Morgan fingerprint density at radius 1 is 1.25 bits per heavy atom. The lowest BCUT2D eigenvalue weighted by atomic mass is 10.1. The Labute approximate surface area is 138 Å². The number of carbonyl (C=O) groups excluding carboxylic acids is 1. The molecule has 0 fully saturated rings. The molecule has 0 unspecified atom stereocenters. The summed E-state index contributed by atoms with van der Waals surface area (Å²) in [6, 6.07) is 6.99. The summed E-state index contributed by atoms with van der Waals surface area (Å²) in [5.41, 5.74) is 7.82. The number of nitrogen functional groups attached to an aromatic ring is 1. The number of carbonyl (C=O) groups is 1. The predicted molar refractivity (Wildman–Crippen MR) is 90.4 cm³/mol. The first kappa shape index (κ1) is 15.7.